The molecule has 2 nitrogen and oxygen atoms in total. The van der Waals surface area contributed by atoms with Gasteiger partial charge in [0.05, 0.1) is 13.2 Å². The molecule has 2 heteroatoms. The molecule has 84 valence electrons. The zero-order valence-corrected chi connectivity index (χ0v) is 10.2. The molecule has 0 spiro atoms. The summed E-state index contributed by atoms with van der Waals surface area (Å²) in [5.74, 6) is -0.537. The zero-order chi connectivity index (χ0) is 11.0. The van der Waals surface area contributed by atoms with Gasteiger partial charge in [0.1, 0.15) is 0 Å². The van der Waals surface area contributed by atoms with Crippen LogP contribution in [0.4, 0.5) is 0 Å². The Hall–Kier alpha value is -0.340. The molecule has 0 aromatic heterocycles. The predicted octanol–water partition coefficient (Wildman–Crippen LogP) is 3.52. The molecular weight excluding hydrogens is 176 g/mol. The third kappa shape index (κ3) is 6.17. The molecule has 0 aromatic rings. The highest BCUT2D eigenvalue weighted by atomic mass is 16.7. The fourth-order valence-corrected chi connectivity index (χ4v) is 1.26. The van der Waals surface area contributed by atoms with E-state index in [2.05, 4.69) is 27.7 Å². The molecule has 0 aliphatic rings. The first kappa shape index (κ1) is 13.7. The quantitative estimate of drug-likeness (QED) is 0.462. The van der Waals surface area contributed by atoms with Gasteiger partial charge in [0.25, 0.3) is 0 Å². The van der Waals surface area contributed by atoms with Crippen LogP contribution >= 0.6 is 0 Å². The predicted molar refractivity (Wildman–Crippen MR) is 60.3 cm³/mol. The molecule has 0 atom stereocenters. The van der Waals surface area contributed by atoms with E-state index in [9.17, 15) is 0 Å². The van der Waals surface area contributed by atoms with Crippen LogP contribution in [-0.2, 0) is 9.47 Å². The summed E-state index contributed by atoms with van der Waals surface area (Å²) in [4.78, 5) is 0. The van der Waals surface area contributed by atoms with Crippen LogP contribution in [0.25, 0.3) is 0 Å². The molecule has 0 rings (SSSR count). The largest absolute Gasteiger partial charge is 0.347 e. The summed E-state index contributed by atoms with van der Waals surface area (Å²) in [6.07, 6.45) is 4.07. The first-order valence-electron chi connectivity index (χ1n) is 5.48. The van der Waals surface area contributed by atoms with Gasteiger partial charge in [-0.25, -0.2) is 0 Å². The lowest BCUT2D eigenvalue weighted by Crippen LogP contribution is -2.31. The highest BCUT2D eigenvalue weighted by molar-refractivity contribution is 5.01. The van der Waals surface area contributed by atoms with E-state index in [0.717, 1.165) is 26.1 Å². The van der Waals surface area contributed by atoms with Crippen molar-refractivity contribution in [3.8, 4) is 0 Å². The van der Waals surface area contributed by atoms with E-state index in [-0.39, 0.29) is 0 Å². The van der Waals surface area contributed by atoms with Gasteiger partial charge in [-0.2, -0.15) is 0 Å². The maximum absolute atomic E-state index is 5.69. The molecule has 0 aliphatic heterocycles. The van der Waals surface area contributed by atoms with Crippen LogP contribution < -0.4 is 0 Å². The van der Waals surface area contributed by atoms with Crippen LogP contribution in [0, 0.1) is 0 Å². The average molecular weight is 200 g/mol. The lowest BCUT2D eigenvalue weighted by Gasteiger charge is -2.27. The van der Waals surface area contributed by atoms with E-state index >= 15 is 0 Å². The van der Waals surface area contributed by atoms with Crippen molar-refractivity contribution < 1.29 is 9.47 Å². The summed E-state index contributed by atoms with van der Waals surface area (Å²) in [5, 5.41) is 0. The minimum atomic E-state index is -0.537. The monoisotopic (exact) mass is 200 g/mol. The third-order valence-corrected chi connectivity index (χ3v) is 1.74. The van der Waals surface area contributed by atoms with Gasteiger partial charge in [0, 0.05) is 0 Å². The Labute approximate surface area is 88.3 Å². The molecule has 0 aliphatic carbocycles. The maximum atomic E-state index is 5.69. The smallest absolute Gasteiger partial charge is 0.185 e. The second-order valence-electron chi connectivity index (χ2n) is 3.93. The van der Waals surface area contributed by atoms with E-state index in [4.69, 9.17) is 9.47 Å². The Kier molecular flexibility index (Phi) is 6.85. The molecule has 0 amide bonds. The van der Waals surface area contributed by atoms with Crippen molar-refractivity contribution in [1.82, 2.24) is 0 Å². The number of hydrogen-bond acceptors (Lipinski definition) is 2. The highest BCUT2D eigenvalue weighted by Crippen LogP contribution is 2.17. The third-order valence-electron chi connectivity index (χ3n) is 1.74. The van der Waals surface area contributed by atoms with Crippen LogP contribution in [0.15, 0.2) is 11.6 Å². The van der Waals surface area contributed by atoms with Gasteiger partial charge < -0.3 is 9.47 Å². The fourth-order valence-electron chi connectivity index (χ4n) is 1.26. The summed E-state index contributed by atoms with van der Waals surface area (Å²) in [7, 11) is 0. The second kappa shape index (κ2) is 7.02. The summed E-state index contributed by atoms with van der Waals surface area (Å²) >= 11 is 0. The average Bonchev–Trinajstić information content (AvgIpc) is 2.11. The van der Waals surface area contributed by atoms with E-state index in [1.165, 1.54) is 5.57 Å². The van der Waals surface area contributed by atoms with Crippen molar-refractivity contribution in [2.75, 3.05) is 13.2 Å². The Morgan fingerprint density at radius 3 is 1.79 bits per heavy atom. The Morgan fingerprint density at radius 1 is 1.07 bits per heavy atom. The molecule has 0 heterocycles. The standard InChI is InChI=1S/C12H24O2/c1-6-8-13-12(5,10-11(3)4)14-9-7-2/h10H,6-9H2,1-5H3. The molecule has 0 bridgehead atoms. The molecule has 0 saturated carbocycles. The van der Waals surface area contributed by atoms with Gasteiger partial charge in [0.2, 0.25) is 0 Å². The molecule has 0 fully saturated rings. The SMILES string of the molecule is CCCOC(C)(C=C(C)C)OCCC. The Balaban J connectivity index is 4.25. The van der Waals surface area contributed by atoms with Gasteiger partial charge in [-0.1, -0.05) is 19.4 Å². The van der Waals surface area contributed by atoms with Crippen LogP contribution in [0.1, 0.15) is 47.5 Å². The van der Waals surface area contributed by atoms with Gasteiger partial charge >= 0.3 is 0 Å². The normalized spacial score (nSPS) is 11.5. The lowest BCUT2D eigenvalue weighted by molar-refractivity contribution is -0.192. The van der Waals surface area contributed by atoms with E-state index in [1.807, 2.05) is 13.0 Å². The summed E-state index contributed by atoms with van der Waals surface area (Å²) < 4.78 is 11.4. The van der Waals surface area contributed by atoms with Crippen molar-refractivity contribution in [2.24, 2.45) is 0 Å². The fraction of sp³-hybridized carbons (Fsp3) is 0.833. The lowest BCUT2D eigenvalue weighted by atomic mass is 10.2. The summed E-state index contributed by atoms with van der Waals surface area (Å²) in [6.45, 7) is 11.8. The van der Waals surface area contributed by atoms with Crippen molar-refractivity contribution >= 4 is 0 Å². The maximum Gasteiger partial charge on any atom is 0.185 e. The van der Waals surface area contributed by atoms with Crippen LogP contribution in [-0.4, -0.2) is 19.0 Å². The van der Waals surface area contributed by atoms with Gasteiger partial charge in [-0.3, -0.25) is 0 Å². The van der Waals surface area contributed by atoms with Crippen molar-refractivity contribution in [1.29, 1.82) is 0 Å². The molecule has 0 N–H and O–H groups in total. The molecule has 0 unspecified atom stereocenters. The Morgan fingerprint density at radius 2 is 1.50 bits per heavy atom. The van der Waals surface area contributed by atoms with E-state index in [1.54, 1.807) is 0 Å². The number of rotatable bonds is 7. The van der Waals surface area contributed by atoms with Gasteiger partial charge in [-0.15, -0.1) is 0 Å². The second-order valence-corrected chi connectivity index (χ2v) is 3.93. The highest BCUT2D eigenvalue weighted by Gasteiger charge is 2.21. The minimum Gasteiger partial charge on any atom is -0.347 e. The molecule has 14 heavy (non-hydrogen) atoms. The van der Waals surface area contributed by atoms with Crippen LogP contribution in [0.2, 0.25) is 0 Å². The topological polar surface area (TPSA) is 18.5 Å². The first-order valence-corrected chi connectivity index (χ1v) is 5.48. The van der Waals surface area contributed by atoms with Crippen LogP contribution in [0.5, 0.6) is 0 Å². The number of hydrogen-bond donors (Lipinski definition) is 0. The first-order chi connectivity index (χ1) is 6.54. The summed E-state index contributed by atoms with van der Waals surface area (Å²) in [6, 6.07) is 0. The molecule has 0 radical (unpaired) electrons. The molecule has 0 aromatic carbocycles. The zero-order valence-electron chi connectivity index (χ0n) is 10.2. The van der Waals surface area contributed by atoms with Gasteiger partial charge in [-0.05, 0) is 39.7 Å². The molecular formula is C12H24O2. The van der Waals surface area contributed by atoms with Crippen molar-refractivity contribution in [3.63, 3.8) is 0 Å². The van der Waals surface area contributed by atoms with Gasteiger partial charge in [0.15, 0.2) is 5.79 Å². The molecule has 0 saturated heterocycles. The van der Waals surface area contributed by atoms with Crippen molar-refractivity contribution in [2.45, 2.75) is 53.2 Å². The summed E-state index contributed by atoms with van der Waals surface area (Å²) in [5.41, 5.74) is 1.22. The van der Waals surface area contributed by atoms with Crippen LogP contribution in [0.3, 0.4) is 0 Å². The van der Waals surface area contributed by atoms with Crippen molar-refractivity contribution in [3.05, 3.63) is 11.6 Å². The number of ether oxygens (including phenoxy) is 2. The van der Waals surface area contributed by atoms with E-state index in [0.29, 0.717) is 0 Å². The minimum absolute atomic E-state index is 0.537. The van der Waals surface area contributed by atoms with E-state index < -0.39 is 5.79 Å². The number of allylic oxidation sites excluding steroid dienone is 1. The Bertz CT molecular complexity index is 161.